The molecule has 1 aromatic carbocycles. The lowest BCUT2D eigenvalue weighted by atomic mass is 9.94. The first-order valence-corrected chi connectivity index (χ1v) is 11.7. The van der Waals surface area contributed by atoms with Crippen LogP contribution in [0.25, 0.3) is 0 Å². The SMILES string of the molecule is CCc1nnc(NC(=O)c2ccccc2NC(=O)C2CC(=O)N(C3CCCCC3)C2)s1. The third-order valence-corrected chi connectivity index (χ3v) is 6.95. The summed E-state index contributed by atoms with van der Waals surface area (Å²) in [5.74, 6) is -0.931. The van der Waals surface area contributed by atoms with Gasteiger partial charge in [0.2, 0.25) is 16.9 Å². The Morgan fingerprint density at radius 1 is 1.13 bits per heavy atom. The van der Waals surface area contributed by atoms with E-state index in [1.807, 2.05) is 11.8 Å². The quantitative estimate of drug-likeness (QED) is 0.714. The van der Waals surface area contributed by atoms with Crippen molar-refractivity contribution in [2.75, 3.05) is 17.2 Å². The maximum Gasteiger partial charge on any atom is 0.259 e. The lowest BCUT2D eigenvalue weighted by molar-refractivity contribution is -0.130. The van der Waals surface area contributed by atoms with Crippen molar-refractivity contribution in [3.05, 3.63) is 34.8 Å². The Balaban J connectivity index is 1.41. The molecule has 1 aliphatic carbocycles. The van der Waals surface area contributed by atoms with E-state index < -0.39 is 5.92 Å². The smallest absolute Gasteiger partial charge is 0.259 e. The maximum atomic E-state index is 12.9. The van der Waals surface area contributed by atoms with E-state index in [2.05, 4.69) is 20.8 Å². The summed E-state index contributed by atoms with van der Waals surface area (Å²) in [5, 5.41) is 14.9. The summed E-state index contributed by atoms with van der Waals surface area (Å²) in [6.45, 7) is 2.42. The molecule has 1 atom stereocenters. The molecule has 1 aromatic heterocycles. The molecular formula is C22H27N5O3S. The number of benzene rings is 1. The van der Waals surface area contributed by atoms with Crippen molar-refractivity contribution in [3.63, 3.8) is 0 Å². The first-order valence-electron chi connectivity index (χ1n) is 10.9. The number of hydrogen-bond donors (Lipinski definition) is 2. The molecule has 2 aliphatic rings. The van der Waals surface area contributed by atoms with Crippen LogP contribution in [0.15, 0.2) is 24.3 Å². The molecule has 164 valence electrons. The number of hydrogen-bond acceptors (Lipinski definition) is 6. The van der Waals surface area contributed by atoms with Gasteiger partial charge in [0, 0.05) is 19.0 Å². The summed E-state index contributed by atoms with van der Waals surface area (Å²) in [6, 6.07) is 7.12. The molecule has 0 spiro atoms. The molecule has 4 rings (SSSR count). The molecule has 2 heterocycles. The van der Waals surface area contributed by atoms with Crippen molar-refractivity contribution in [3.8, 4) is 0 Å². The zero-order valence-corrected chi connectivity index (χ0v) is 18.4. The fourth-order valence-electron chi connectivity index (χ4n) is 4.29. The lowest BCUT2D eigenvalue weighted by Crippen LogP contribution is -2.38. The minimum atomic E-state index is -0.402. The minimum absolute atomic E-state index is 0.0566. The number of aryl methyl sites for hydroxylation is 1. The standard InChI is InChI=1S/C22H27N5O3S/c1-2-18-25-26-22(31-18)24-21(30)16-10-6-7-11-17(16)23-20(29)14-12-19(28)27(13-14)15-8-4-3-5-9-15/h6-7,10-11,14-15H,2-5,8-9,12-13H2,1H3,(H,23,29)(H,24,26,30). The maximum absolute atomic E-state index is 12.9. The highest BCUT2D eigenvalue weighted by atomic mass is 32.1. The van der Waals surface area contributed by atoms with Gasteiger partial charge in [-0.05, 0) is 31.4 Å². The van der Waals surface area contributed by atoms with Crippen LogP contribution >= 0.6 is 11.3 Å². The largest absolute Gasteiger partial charge is 0.339 e. The van der Waals surface area contributed by atoms with Gasteiger partial charge in [0.1, 0.15) is 5.01 Å². The van der Waals surface area contributed by atoms with Crippen molar-refractivity contribution in [2.45, 2.75) is 57.9 Å². The molecule has 8 nitrogen and oxygen atoms in total. The van der Waals surface area contributed by atoms with Gasteiger partial charge in [-0.3, -0.25) is 19.7 Å². The molecule has 2 fully saturated rings. The van der Waals surface area contributed by atoms with E-state index in [-0.39, 0.29) is 30.2 Å². The highest BCUT2D eigenvalue weighted by Gasteiger charge is 2.38. The number of para-hydroxylation sites is 1. The summed E-state index contributed by atoms with van der Waals surface area (Å²) >= 11 is 1.33. The Morgan fingerprint density at radius 2 is 1.90 bits per heavy atom. The van der Waals surface area contributed by atoms with E-state index in [4.69, 9.17) is 0 Å². The van der Waals surface area contributed by atoms with Crippen molar-refractivity contribution in [1.29, 1.82) is 0 Å². The van der Waals surface area contributed by atoms with E-state index in [9.17, 15) is 14.4 Å². The molecule has 31 heavy (non-hydrogen) atoms. The average molecular weight is 442 g/mol. The number of anilines is 2. The van der Waals surface area contributed by atoms with Gasteiger partial charge in [-0.1, -0.05) is 49.7 Å². The first-order chi connectivity index (χ1) is 15.0. The van der Waals surface area contributed by atoms with Gasteiger partial charge in [-0.25, -0.2) is 0 Å². The summed E-state index contributed by atoms with van der Waals surface area (Å²) in [7, 11) is 0. The van der Waals surface area contributed by atoms with Gasteiger partial charge in [-0.15, -0.1) is 10.2 Å². The van der Waals surface area contributed by atoms with Crippen LogP contribution in [0.1, 0.15) is 60.8 Å². The molecule has 1 aliphatic heterocycles. The molecule has 0 bridgehead atoms. The molecule has 1 saturated carbocycles. The van der Waals surface area contributed by atoms with Gasteiger partial charge in [-0.2, -0.15) is 0 Å². The third kappa shape index (κ3) is 4.92. The Labute approximate surface area is 185 Å². The average Bonchev–Trinajstić information content (AvgIpc) is 3.41. The number of nitrogens with zero attached hydrogens (tertiary/aromatic N) is 3. The highest BCUT2D eigenvalue weighted by molar-refractivity contribution is 7.15. The van der Waals surface area contributed by atoms with Crippen LogP contribution in [0, 0.1) is 5.92 Å². The van der Waals surface area contributed by atoms with Crippen molar-refractivity contribution in [1.82, 2.24) is 15.1 Å². The number of carbonyl (C=O) groups is 3. The molecule has 9 heteroatoms. The van der Waals surface area contributed by atoms with Crippen molar-refractivity contribution in [2.24, 2.45) is 5.92 Å². The van der Waals surface area contributed by atoms with E-state index in [1.54, 1.807) is 24.3 Å². The van der Waals surface area contributed by atoms with Crippen LogP contribution in [0.3, 0.4) is 0 Å². The fourth-order valence-corrected chi connectivity index (χ4v) is 4.96. The van der Waals surface area contributed by atoms with E-state index in [1.165, 1.54) is 17.8 Å². The van der Waals surface area contributed by atoms with Gasteiger partial charge in [0.05, 0.1) is 17.2 Å². The highest BCUT2D eigenvalue weighted by Crippen LogP contribution is 2.29. The van der Waals surface area contributed by atoms with Crippen molar-refractivity contribution < 1.29 is 14.4 Å². The monoisotopic (exact) mass is 441 g/mol. The van der Waals surface area contributed by atoms with Crippen LogP contribution < -0.4 is 10.6 Å². The number of rotatable bonds is 6. The van der Waals surface area contributed by atoms with Crippen molar-refractivity contribution >= 4 is 39.9 Å². The second-order valence-corrected chi connectivity index (χ2v) is 9.14. The Bertz CT molecular complexity index is 970. The summed E-state index contributed by atoms with van der Waals surface area (Å²) < 4.78 is 0. The molecule has 2 aromatic rings. The Hall–Kier alpha value is -2.81. The van der Waals surface area contributed by atoms with E-state index in [0.29, 0.717) is 22.9 Å². The summed E-state index contributed by atoms with van der Waals surface area (Å²) in [5.41, 5.74) is 0.770. The molecular weight excluding hydrogens is 414 g/mol. The molecule has 2 N–H and O–H groups in total. The summed E-state index contributed by atoms with van der Waals surface area (Å²) in [6.07, 6.45) is 6.52. The van der Waals surface area contributed by atoms with Gasteiger partial charge < -0.3 is 10.2 Å². The number of carbonyl (C=O) groups excluding carboxylic acids is 3. The molecule has 1 unspecified atom stereocenters. The Morgan fingerprint density at radius 3 is 2.65 bits per heavy atom. The first kappa shape index (κ1) is 21.4. The van der Waals surface area contributed by atoms with Crippen LogP contribution in [-0.4, -0.2) is 45.4 Å². The third-order valence-electron chi connectivity index (χ3n) is 5.96. The molecule has 0 radical (unpaired) electrons. The number of likely N-dealkylation sites (tertiary alicyclic amines) is 1. The van der Waals surface area contributed by atoms with Crippen LogP contribution in [0.2, 0.25) is 0 Å². The summed E-state index contributed by atoms with van der Waals surface area (Å²) in [4.78, 5) is 40.1. The van der Waals surface area contributed by atoms with Gasteiger partial charge >= 0.3 is 0 Å². The predicted molar refractivity (Wildman–Crippen MR) is 119 cm³/mol. The van der Waals surface area contributed by atoms with E-state index in [0.717, 1.165) is 37.1 Å². The van der Waals surface area contributed by atoms with Gasteiger partial charge in [0.15, 0.2) is 0 Å². The predicted octanol–water partition coefficient (Wildman–Crippen LogP) is 3.47. The zero-order chi connectivity index (χ0) is 21.8. The van der Waals surface area contributed by atoms with Gasteiger partial charge in [0.25, 0.3) is 5.91 Å². The minimum Gasteiger partial charge on any atom is -0.339 e. The lowest BCUT2D eigenvalue weighted by Gasteiger charge is -2.31. The number of amides is 3. The Kier molecular flexibility index (Phi) is 6.60. The second-order valence-electron chi connectivity index (χ2n) is 8.08. The van der Waals surface area contributed by atoms with E-state index >= 15 is 0 Å². The molecule has 1 saturated heterocycles. The normalized spacial score (nSPS) is 19.5. The number of nitrogens with one attached hydrogen (secondary N) is 2. The zero-order valence-electron chi connectivity index (χ0n) is 17.6. The second kappa shape index (κ2) is 9.55. The number of aromatic nitrogens is 2. The van der Waals surface area contributed by atoms with Crippen LogP contribution in [0.4, 0.5) is 10.8 Å². The van der Waals surface area contributed by atoms with Crippen LogP contribution in [-0.2, 0) is 16.0 Å². The topological polar surface area (TPSA) is 104 Å². The van der Waals surface area contributed by atoms with Crippen LogP contribution in [0.5, 0.6) is 0 Å². The fraction of sp³-hybridized carbons (Fsp3) is 0.500. The molecule has 3 amide bonds.